The van der Waals surface area contributed by atoms with E-state index >= 15 is 0 Å². The number of hydrogen-bond acceptors (Lipinski definition) is 0. The van der Waals surface area contributed by atoms with Gasteiger partial charge in [-0.15, -0.1) is 0 Å². The van der Waals surface area contributed by atoms with Gasteiger partial charge in [0.25, 0.3) is 0 Å². The molecule has 0 aromatic heterocycles. The zero-order chi connectivity index (χ0) is 6.20. The first-order valence-electron chi connectivity index (χ1n) is 3.01. The van der Waals surface area contributed by atoms with Crippen molar-refractivity contribution in [1.29, 1.82) is 0 Å². The fourth-order valence-electron chi connectivity index (χ4n) is 1.10. The SMILES string of the molecule is C[C@@H]1CCC[Si]1(F)F. The van der Waals surface area contributed by atoms with Crippen molar-refractivity contribution in [2.45, 2.75) is 31.4 Å². The highest BCUT2D eigenvalue weighted by Gasteiger charge is 2.45. The molecule has 0 nitrogen and oxygen atoms in total. The molecule has 0 radical (unpaired) electrons. The fourth-order valence-corrected chi connectivity index (χ4v) is 2.90. The Balaban J connectivity index is 2.54. The summed E-state index contributed by atoms with van der Waals surface area (Å²) < 4.78 is 25.0. The molecule has 1 aliphatic heterocycles. The van der Waals surface area contributed by atoms with E-state index in [-0.39, 0.29) is 11.6 Å². The predicted molar refractivity (Wildman–Crippen MR) is 31.4 cm³/mol. The van der Waals surface area contributed by atoms with Crippen LogP contribution >= 0.6 is 0 Å². The number of rotatable bonds is 0. The van der Waals surface area contributed by atoms with Gasteiger partial charge in [0.1, 0.15) is 0 Å². The first-order chi connectivity index (χ1) is 3.63. The lowest BCUT2D eigenvalue weighted by Crippen LogP contribution is -2.21. The normalized spacial score (nSPS) is 35.6. The Kier molecular flexibility index (Phi) is 1.39. The van der Waals surface area contributed by atoms with Crippen LogP contribution in [-0.4, -0.2) is 8.74 Å². The van der Waals surface area contributed by atoms with Crippen LogP contribution in [-0.2, 0) is 0 Å². The summed E-state index contributed by atoms with van der Waals surface area (Å²) in [6, 6.07) is 0.244. The molecule has 1 heterocycles. The van der Waals surface area contributed by atoms with Crippen LogP contribution in [0.25, 0.3) is 0 Å². The van der Waals surface area contributed by atoms with Crippen molar-refractivity contribution in [2.75, 3.05) is 0 Å². The van der Waals surface area contributed by atoms with Gasteiger partial charge in [-0.3, -0.25) is 8.22 Å². The van der Waals surface area contributed by atoms with Crippen molar-refractivity contribution in [2.24, 2.45) is 0 Å². The largest absolute Gasteiger partial charge is 0.427 e. The van der Waals surface area contributed by atoms with E-state index in [1.807, 2.05) is 0 Å². The molecule has 0 spiro atoms. The first kappa shape index (κ1) is 6.20. The maximum atomic E-state index is 12.5. The van der Waals surface area contributed by atoms with Gasteiger partial charge < -0.3 is 0 Å². The molecule has 8 heavy (non-hydrogen) atoms. The highest BCUT2D eigenvalue weighted by molar-refractivity contribution is 6.68. The van der Waals surface area contributed by atoms with Gasteiger partial charge in [0.15, 0.2) is 0 Å². The van der Waals surface area contributed by atoms with E-state index < -0.39 is 8.74 Å². The van der Waals surface area contributed by atoms with Gasteiger partial charge in [-0.2, -0.15) is 0 Å². The van der Waals surface area contributed by atoms with E-state index in [0.717, 1.165) is 12.8 Å². The minimum absolute atomic E-state index is 0.234. The van der Waals surface area contributed by atoms with Crippen LogP contribution < -0.4 is 0 Å². The lowest BCUT2D eigenvalue weighted by atomic mass is 10.3. The molecule has 3 heteroatoms. The fraction of sp³-hybridized carbons (Fsp3) is 1.00. The molecule has 0 unspecified atom stereocenters. The van der Waals surface area contributed by atoms with Crippen LogP contribution in [0.2, 0.25) is 11.6 Å². The van der Waals surface area contributed by atoms with Crippen molar-refractivity contribution in [3.8, 4) is 0 Å². The first-order valence-corrected chi connectivity index (χ1v) is 5.05. The Morgan fingerprint density at radius 1 is 1.50 bits per heavy atom. The van der Waals surface area contributed by atoms with Gasteiger partial charge in [0.2, 0.25) is 0 Å². The monoisotopic (exact) mass is 136 g/mol. The van der Waals surface area contributed by atoms with Crippen LogP contribution in [0, 0.1) is 0 Å². The van der Waals surface area contributed by atoms with Gasteiger partial charge in [-0.25, -0.2) is 0 Å². The van der Waals surface area contributed by atoms with E-state index in [1.54, 1.807) is 6.92 Å². The molecule has 1 saturated heterocycles. The average molecular weight is 136 g/mol. The molecule has 1 atom stereocenters. The third kappa shape index (κ3) is 0.916. The second-order valence-electron chi connectivity index (χ2n) is 2.55. The van der Waals surface area contributed by atoms with Crippen LogP contribution in [0.4, 0.5) is 8.22 Å². The molecule has 0 aliphatic carbocycles. The zero-order valence-corrected chi connectivity index (χ0v) is 5.95. The average Bonchev–Trinajstić information content (AvgIpc) is 1.86. The van der Waals surface area contributed by atoms with Crippen LogP contribution in [0.15, 0.2) is 0 Å². The predicted octanol–water partition coefficient (Wildman–Crippen LogP) is 2.55. The van der Waals surface area contributed by atoms with E-state index in [2.05, 4.69) is 0 Å². The highest BCUT2D eigenvalue weighted by atomic mass is 28.4. The summed E-state index contributed by atoms with van der Waals surface area (Å²) in [5.41, 5.74) is -0.234. The van der Waals surface area contributed by atoms with Gasteiger partial charge in [-0.05, 0) is 12.5 Å². The molecular formula is C5H10F2Si. The molecule has 1 rings (SSSR count). The van der Waals surface area contributed by atoms with Gasteiger partial charge in [0.05, 0.1) is 0 Å². The quantitative estimate of drug-likeness (QED) is 0.354. The van der Waals surface area contributed by atoms with Gasteiger partial charge in [0, 0.05) is 5.54 Å². The molecule has 0 aromatic rings. The second-order valence-corrected chi connectivity index (χ2v) is 5.56. The van der Waals surface area contributed by atoms with Gasteiger partial charge in [-0.1, -0.05) is 13.3 Å². The molecule has 0 aromatic carbocycles. The van der Waals surface area contributed by atoms with Crippen molar-refractivity contribution in [1.82, 2.24) is 0 Å². The smallest absolute Gasteiger partial charge is 0.270 e. The Hall–Kier alpha value is 0.0769. The third-order valence-electron chi connectivity index (χ3n) is 1.87. The molecule has 0 bridgehead atoms. The van der Waals surface area contributed by atoms with Crippen LogP contribution in [0.1, 0.15) is 19.8 Å². The number of halogens is 2. The minimum Gasteiger partial charge on any atom is -0.270 e. The van der Waals surface area contributed by atoms with E-state index in [9.17, 15) is 8.22 Å². The molecule has 48 valence electrons. The van der Waals surface area contributed by atoms with Crippen LogP contribution in [0.3, 0.4) is 0 Å². The Morgan fingerprint density at radius 2 is 2.12 bits per heavy atom. The minimum atomic E-state index is -3.64. The lowest BCUT2D eigenvalue weighted by molar-refractivity contribution is 0.579. The van der Waals surface area contributed by atoms with E-state index in [4.69, 9.17) is 0 Å². The third-order valence-corrected chi connectivity index (χ3v) is 4.62. The summed E-state index contributed by atoms with van der Waals surface area (Å²) >= 11 is 0. The molecule has 1 fully saturated rings. The van der Waals surface area contributed by atoms with Crippen molar-refractivity contribution < 1.29 is 8.22 Å². The summed E-state index contributed by atoms with van der Waals surface area (Å²) in [4.78, 5) is 0. The van der Waals surface area contributed by atoms with Gasteiger partial charge >= 0.3 is 8.74 Å². The Bertz CT molecular complexity index is 92.4. The molecular weight excluding hydrogens is 126 g/mol. The Morgan fingerprint density at radius 3 is 2.25 bits per heavy atom. The van der Waals surface area contributed by atoms with E-state index in [1.165, 1.54) is 0 Å². The second kappa shape index (κ2) is 1.79. The summed E-state index contributed by atoms with van der Waals surface area (Å²) in [5.74, 6) is 0. The molecule has 0 N–H and O–H groups in total. The summed E-state index contributed by atoms with van der Waals surface area (Å²) in [6.07, 6.45) is 1.53. The lowest BCUT2D eigenvalue weighted by Gasteiger charge is -2.08. The Labute approximate surface area is 49.3 Å². The maximum absolute atomic E-state index is 12.5. The van der Waals surface area contributed by atoms with Crippen molar-refractivity contribution in [3.05, 3.63) is 0 Å². The zero-order valence-electron chi connectivity index (χ0n) is 4.95. The van der Waals surface area contributed by atoms with Crippen molar-refractivity contribution >= 4 is 8.74 Å². The van der Waals surface area contributed by atoms with Crippen molar-refractivity contribution in [3.63, 3.8) is 0 Å². The molecule has 1 aliphatic rings. The summed E-state index contributed by atoms with van der Waals surface area (Å²) in [6.45, 7) is 1.68. The molecule has 0 amide bonds. The summed E-state index contributed by atoms with van der Waals surface area (Å²) in [7, 11) is -3.64. The summed E-state index contributed by atoms with van der Waals surface area (Å²) in [5, 5.41) is 0. The number of hydrogen-bond donors (Lipinski definition) is 0. The van der Waals surface area contributed by atoms with E-state index in [0.29, 0.717) is 0 Å². The highest BCUT2D eigenvalue weighted by Crippen LogP contribution is 2.40. The maximum Gasteiger partial charge on any atom is 0.427 e. The molecule has 0 saturated carbocycles. The topological polar surface area (TPSA) is 0 Å². The van der Waals surface area contributed by atoms with Crippen LogP contribution in [0.5, 0.6) is 0 Å². The standard InChI is InChI=1S/C5H10F2Si/c1-5-3-2-4-8(5,6)7/h5H,2-4H2,1H3/t5-/m1/s1.